The van der Waals surface area contributed by atoms with Crippen molar-refractivity contribution in [1.29, 1.82) is 0 Å². The van der Waals surface area contributed by atoms with Gasteiger partial charge in [0, 0.05) is 47.6 Å². The van der Waals surface area contributed by atoms with Crippen molar-refractivity contribution in [2.24, 2.45) is 0 Å². The first-order valence-corrected chi connectivity index (χ1v) is 17.7. The zero-order valence-electron chi connectivity index (χ0n) is 25.3. The third kappa shape index (κ3) is 9.46. The van der Waals surface area contributed by atoms with Crippen LogP contribution in [0.5, 0.6) is 0 Å². The Bertz CT molecular complexity index is 1510. The number of nitrogens with zero attached hydrogens (tertiary/aromatic N) is 2. The lowest BCUT2D eigenvalue weighted by Crippen LogP contribution is -2.53. The Morgan fingerprint density at radius 3 is 2.23 bits per heavy atom. The molecule has 0 aromatic heterocycles. The Balaban J connectivity index is 1.62. The molecule has 4 rings (SSSR count). The minimum absolute atomic E-state index is 0.0297. The summed E-state index contributed by atoms with van der Waals surface area (Å²) in [6, 6.07) is 21.3. The lowest BCUT2D eigenvalue weighted by Gasteiger charge is -2.34. The fourth-order valence-electron chi connectivity index (χ4n) is 5.74. The van der Waals surface area contributed by atoms with Crippen LogP contribution in [0, 0.1) is 6.92 Å². The molecular weight excluding hydrogens is 617 g/mol. The van der Waals surface area contributed by atoms with Crippen molar-refractivity contribution in [2.75, 3.05) is 17.1 Å². The molecular formula is C34H41Cl2N3O4S. The van der Waals surface area contributed by atoms with E-state index in [0.29, 0.717) is 27.7 Å². The van der Waals surface area contributed by atoms with Gasteiger partial charge in [0.05, 0.1) is 11.9 Å². The first-order valence-electron chi connectivity index (χ1n) is 15.1. The number of benzene rings is 3. The van der Waals surface area contributed by atoms with E-state index in [1.54, 1.807) is 35.2 Å². The molecule has 0 bridgehead atoms. The summed E-state index contributed by atoms with van der Waals surface area (Å²) >= 11 is 13.1. The van der Waals surface area contributed by atoms with E-state index in [1.165, 1.54) is 4.31 Å². The maximum atomic E-state index is 14.1. The molecule has 236 valence electrons. The first-order chi connectivity index (χ1) is 21.0. The van der Waals surface area contributed by atoms with E-state index in [2.05, 4.69) is 5.32 Å². The number of aryl methyl sites for hydroxylation is 1. The monoisotopic (exact) mass is 657 g/mol. The lowest BCUT2D eigenvalue weighted by molar-refractivity contribution is -0.141. The highest BCUT2D eigenvalue weighted by atomic mass is 35.5. The summed E-state index contributed by atoms with van der Waals surface area (Å²) in [5.74, 6) is -0.492. The van der Waals surface area contributed by atoms with Gasteiger partial charge in [-0.05, 0) is 61.6 Å². The SMILES string of the molecule is Cc1cccc(N(CCCC(=O)N(Cc2c(Cl)cccc2Cl)[C@H](Cc2ccccc2)C(=O)NC2CCCCC2)S(C)(=O)=O)c1. The minimum atomic E-state index is -3.59. The summed E-state index contributed by atoms with van der Waals surface area (Å²) in [6.07, 6.45) is 6.86. The predicted molar refractivity (Wildman–Crippen MR) is 179 cm³/mol. The first kappa shape index (κ1) is 33.8. The van der Waals surface area contributed by atoms with Gasteiger partial charge in [-0.15, -0.1) is 0 Å². The number of carbonyl (C=O) groups excluding carboxylic acids is 2. The number of halogens is 2. The van der Waals surface area contributed by atoms with E-state index in [1.807, 2.05) is 49.4 Å². The van der Waals surface area contributed by atoms with Crippen molar-refractivity contribution >= 4 is 50.7 Å². The van der Waals surface area contributed by atoms with Crippen LogP contribution in [0.15, 0.2) is 72.8 Å². The molecule has 0 unspecified atom stereocenters. The molecule has 0 spiro atoms. The van der Waals surface area contributed by atoms with Crippen LogP contribution in [0.2, 0.25) is 10.0 Å². The molecule has 0 heterocycles. The predicted octanol–water partition coefficient (Wildman–Crippen LogP) is 6.94. The Hall–Kier alpha value is -3.07. The molecule has 2 amide bonds. The highest BCUT2D eigenvalue weighted by Gasteiger charge is 2.33. The van der Waals surface area contributed by atoms with E-state index in [9.17, 15) is 18.0 Å². The van der Waals surface area contributed by atoms with Crippen molar-refractivity contribution in [3.63, 3.8) is 0 Å². The number of carbonyl (C=O) groups is 2. The number of hydrogen-bond acceptors (Lipinski definition) is 4. The van der Waals surface area contributed by atoms with Gasteiger partial charge in [-0.2, -0.15) is 0 Å². The van der Waals surface area contributed by atoms with Crippen molar-refractivity contribution < 1.29 is 18.0 Å². The number of nitrogens with one attached hydrogen (secondary N) is 1. The smallest absolute Gasteiger partial charge is 0.243 e. The van der Waals surface area contributed by atoms with Crippen LogP contribution in [0.1, 0.15) is 61.6 Å². The second-order valence-electron chi connectivity index (χ2n) is 11.5. The van der Waals surface area contributed by atoms with Crippen molar-refractivity contribution in [3.8, 4) is 0 Å². The molecule has 10 heteroatoms. The van der Waals surface area contributed by atoms with Crippen LogP contribution in [-0.4, -0.2) is 50.0 Å². The molecule has 3 aromatic rings. The second-order valence-corrected chi connectivity index (χ2v) is 14.3. The number of anilines is 1. The highest BCUT2D eigenvalue weighted by molar-refractivity contribution is 7.92. The van der Waals surface area contributed by atoms with Gasteiger partial charge >= 0.3 is 0 Å². The van der Waals surface area contributed by atoms with Crippen molar-refractivity contribution in [2.45, 2.75) is 76.9 Å². The maximum absolute atomic E-state index is 14.1. The Labute approximate surface area is 271 Å². The molecule has 1 saturated carbocycles. The van der Waals surface area contributed by atoms with Crippen molar-refractivity contribution in [1.82, 2.24) is 10.2 Å². The third-order valence-electron chi connectivity index (χ3n) is 8.05. The number of amides is 2. The molecule has 1 aliphatic rings. The van der Waals surface area contributed by atoms with Gasteiger partial charge in [0.15, 0.2) is 0 Å². The number of sulfonamides is 1. The molecule has 7 nitrogen and oxygen atoms in total. The van der Waals surface area contributed by atoms with E-state index in [-0.39, 0.29) is 43.8 Å². The molecule has 0 radical (unpaired) electrons. The Morgan fingerprint density at radius 1 is 0.932 bits per heavy atom. The Morgan fingerprint density at radius 2 is 1.59 bits per heavy atom. The van der Waals surface area contributed by atoms with Crippen LogP contribution < -0.4 is 9.62 Å². The van der Waals surface area contributed by atoms with Gasteiger partial charge in [-0.25, -0.2) is 8.42 Å². The summed E-state index contributed by atoms with van der Waals surface area (Å²) in [4.78, 5) is 29.7. The van der Waals surface area contributed by atoms with E-state index in [4.69, 9.17) is 23.2 Å². The van der Waals surface area contributed by atoms with Crippen LogP contribution in [0.25, 0.3) is 0 Å². The summed E-state index contributed by atoms with van der Waals surface area (Å²) in [5, 5.41) is 4.04. The summed E-state index contributed by atoms with van der Waals surface area (Å²) in [6.45, 7) is 2.06. The fraction of sp³-hybridized carbons (Fsp3) is 0.412. The average Bonchev–Trinajstić information content (AvgIpc) is 2.98. The minimum Gasteiger partial charge on any atom is -0.352 e. The van der Waals surface area contributed by atoms with E-state index in [0.717, 1.165) is 49.5 Å². The molecule has 1 fully saturated rings. The molecule has 0 aliphatic heterocycles. The number of hydrogen-bond donors (Lipinski definition) is 1. The Kier molecular flexibility index (Phi) is 12.1. The summed E-state index contributed by atoms with van der Waals surface area (Å²) in [7, 11) is -3.59. The highest BCUT2D eigenvalue weighted by Crippen LogP contribution is 2.28. The molecule has 1 aliphatic carbocycles. The fourth-order valence-corrected chi connectivity index (χ4v) is 7.21. The van der Waals surface area contributed by atoms with Crippen LogP contribution >= 0.6 is 23.2 Å². The quantitative estimate of drug-likeness (QED) is 0.216. The van der Waals surface area contributed by atoms with Gasteiger partial charge in [-0.3, -0.25) is 13.9 Å². The maximum Gasteiger partial charge on any atom is 0.243 e. The van der Waals surface area contributed by atoms with E-state index >= 15 is 0 Å². The van der Waals surface area contributed by atoms with Gasteiger partial charge in [0.25, 0.3) is 0 Å². The molecule has 1 atom stereocenters. The zero-order valence-corrected chi connectivity index (χ0v) is 27.7. The van der Waals surface area contributed by atoms with Gasteiger partial charge < -0.3 is 10.2 Å². The normalized spacial score (nSPS) is 14.5. The van der Waals surface area contributed by atoms with Gasteiger partial charge in [0.1, 0.15) is 6.04 Å². The van der Waals surface area contributed by atoms with Crippen LogP contribution in [0.3, 0.4) is 0 Å². The number of rotatable bonds is 13. The summed E-state index contributed by atoms with van der Waals surface area (Å²) < 4.78 is 26.7. The standard InChI is InChI=1S/C34H41Cl2N3O4S/c1-25-12-9-17-28(22-25)39(44(2,42)43)21-11-20-33(40)38(24-29-30(35)18-10-19-31(29)36)32(23-26-13-5-3-6-14-26)34(41)37-27-15-7-4-8-16-27/h3,5-6,9-10,12-14,17-19,22,27,32H,4,7-8,11,15-16,20-21,23-24H2,1-2H3,(H,37,41)/t32-/m1/s1. The third-order valence-corrected chi connectivity index (χ3v) is 9.96. The second kappa shape index (κ2) is 15.8. The molecule has 1 N–H and O–H groups in total. The molecule has 44 heavy (non-hydrogen) atoms. The molecule has 3 aromatic carbocycles. The lowest BCUT2D eigenvalue weighted by atomic mass is 9.94. The van der Waals surface area contributed by atoms with Gasteiger partial charge in [-0.1, -0.05) is 91.0 Å². The average molecular weight is 659 g/mol. The van der Waals surface area contributed by atoms with Gasteiger partial charge in [0.2, 0.25) is 21.8 Å². The van der Waals surface area contributed by atoms with E-state index < -0.39 is 16.1 Å². The molecule has 0 saturated heterocycles. The largest absolute Gasteiger partial charge is 0.352 e. The summed E-state index contributed by atoms with van der Waals surface area (Å²) in [5.41, 5.74) is 2.96. The van der Waals surface area contributed by atoms with Crippen LogP contribution in [-0.2, 0) is 32.6 Å². The topological polar surface area (TPSA) is 86.8 Å². The van der Waals surface area contributed by atoms with Crippen LogP contribution in [0.4, 0.5) is 5.69 Å². The van der Waals surface area contributed by atoms with Crippen molar-refractivity contribution in [3.05, 3.63) is 99.5 Å². The zero-order chi connectivity index (χ0) is 31.7.